The standard InChI is InChI=1S/C11H12N2O/c1-8-2-3-10-9(6-8)12-11-7-14-5-4-13(10)11/h2-3,6H,4-5,7H2,1H3. The molecule has 0 saturated heterocycles. The van der Waals surface area contributed by atoms with E-state index in [9.17, 15) is 0 Å². The van der Waals surface area contributed by atoms with Crippen LogP contribution < -0.4 is 0 Å². The first-order valence-electron chi connectivity index (χ1n) is 4.88. The first-order chi connectivity index (χ1) is 6.84. The summed E-state index contributed by atoms with van der Waals surface area (Å²) < 4.78 is 7.62. The number of ether oxygens (including phenoxy) is 1. The molecule has 0 unspecified atom stereocenters. The Bertz CT molecular complexity index is 487. The maximum absolute atomic E-state index is 5.37. The van der Waals surface area contributed by atoms with Crippen LogP contribution in [0, 0.1) is 6.92 Å². The highest BCUT2D eigenvalue weighted by molar-refractivity contribution is 5.76. The summed E-state index contributed by atoms with van der Waals surface area (Å²) in [5, 5.41) is 0. The largest absolute Gasteiger partial charge is 0.372 e. The first-order valence-corrected chi connectivity index (χ1v) is 4.88. The Morgan fingerprint density at radius 2 is 2.36 bits per heavy atom. The van der Waals surface area contributed by atoms with Gasteiger partial charge in [-0.1, -0.05) is 6.07 Å². The molecule has 2 aromatic rings. The Morgan fingerprint density at radius 1 is 1.43 bits per heavy atom. The molecule has 3 nitrogen and oxygen atoms in total. The number of nitrogens with zero attached hydrogens (tertiary/aromatic N) is 2. The Hall–Kier alpha value is -1.35. The molecule has 2 heterocycles. The molecule has 1 aromatic heterocycles. The zero-order chi connectivity index (χ0) is 9.54. The van der Waals surface area contributed by atoms with Crippen molar-refractivity contribution in [2.24, 2.45) is 0 Å². The van der Waals surface area contributed by atoms with Gasteiger partial charge in [0.15, 0.2) is 0 Å². The third-order valence-electron chi connectivity index (χ3n) is 2.67. The van der Waals surface area contributed by atoms with E-state index in [4.69, 9.17) is 4.74 Å². The van der Waals surface area contributed by atoms with Crippen LogP contribution in [0.2, 0.25) is 0 Å². The van der Waals surface area contributed by atoms with E-state index in [0.717, 1.165) is 24.5 Å². The van der Waals surface area contributed by atoms with Gasteiger partial charge in [-0.3, -0.25) is 0 Å². The molecule has 3 rings (SSSR count). The Morgan fingerprint density at radius 3 is 3.29 bits per heavy atom. The fraction of sp³-hybridized carbons (Fsp3) is 0.364. The molecule has 0 saturated carbocycles. The highest BCUT2D eigenvalue weighted by Crippen LogP contribution is 2.20. The van der Waals surface area contributed by atoms with Crippen molar-refractivity contribution >= 4 is 11.0 Å². The van der Waals surface area contributed by atoms with E-state index in [1.54, 1.807) is 0 Å². The van der Waals surface area contributed by atoms with Crippen LogP contribution >= 0.6 is 0 Å². The lowest BCUT2D eigenvalue weighted by atomic mass is 10.2. The van der Waals surface area contributed by atoms with Gasteiger partial charge in [-0.25, -0.2) is 4.98 Å². The highest BCUT2D eigenvalue weighted by atomic mass is 16.5. The molecule has 0 amide bonds. The predicted octanol–water partition coefficient (Wildman–Crippen LogP) is 1.87. The molecule has 0 fully saturated rings. The van der Waals surface area contributed by atoms with Crippen LogP contribution in [0.25, 0.3) is 11.0 Å². The van der Waals surface area contributed by atoms with Crippen molar-refractivity contribution in [2.75, 3.05) is 6.61 Å². The number of imidazole rings is 1. The van der Waals surface area contributed by atoms with E-state index in [1.807, 2.05) is 0 Å². The van der Waals surface area contributed by atoms with Crippen LogP contribution in [0.15, 0.2) is 18.2 Å². The summed E-state index contributed by atoms with van der Waals surface area (Å²) in [6, 6.07) is 6.40. The van der Waals surface area contributed by atoms with Crippen molar-refractivity contribution < 1.29 is 4.74 Å². The quantitative estimate of drug-likeness (QED) is 0.631. The molecule has 0 atom stereocenters. The maximum Gasteiger partial charge on any atom is 0.136 e. The van der Waals surface area contributed by atoms with Gasteiger partial charge in [0, 0.05) is 6.54 Å². The smallest absolute Gasteiger partial charge is 0.136 e. The van der Waals surface area contributed by atoms with Crippen LogP contribution in [-0.4, -0.2) is 16.2 Å². The fourth-order valence-corrected chi connectivity index (χ4v) is 1.97. The van der Waals surface area contributed by atoms with E-state index in [0.29, 0.717) is 6.61 Å². The molecule has 0 bridgehead atoms. The molecule has 0 spiro atoms. The minimum absolute atomic E-state index is 0.647. The number of aryl methyl sites for hydroxylation is 1. The topological polar surface area (TPSA) is 27.1 Å². The third kappa shape index (κ3) is 1.06. The van der Waals surface area contributed by atoms with E-state index < -0.39 is 0 Å². The average Bonchev–Trinajstić information content (AvgIpc) is 2.54. The normalized spacial score (nSPS) is 15.8. The summed E-state index contributed by atoms with van der Waals surface area (Å²) in [4.78, 5) is 4.55. The van der Waals surface area contributed by atoms with Crippen LogP contribution in [0.5, 0.6) is 0 Å². The summed E-state index contributed by atoms with van der Waals surface area (Å²) in [5.41, 5.74) is 3.58. The van der Waals surface area contributed by atoms with Gasteiger partial charge < -0.3 is 9.30 Å². The second kappa shape index (κ2) is 2.82. The van der Waals surface area contributed by atoms with E-state index in [2.05, 4.69) is 34.7 Å². The molecule has 1 aliphatic heterocycles. The first kappa shape index (κ1) is 8.00. The molecule has 14 heavy (non-hydrogen) atoms. The minimum Gasteiger partial charge on any atom is -0.372 e. The number of rotatable bonds is 0. The molecule has 3 heteroatoms. The van der Waals surface area contributed by atoms with E-state index in [-0.39, 0.29) is 0 Å². The summed E-state index contributed by atoms with van der Waals surface area (Å²) in [6.07, 6.45) is 0. The van der Waals surface area contributed by atoms with Crippen LogP contribution in [0.4, 0.5) is 0 Å². The van der Waals surface area contributed by atoms with Crippen molar-refractivity contribution in [1.82, 2.24) is 9.55 Å². The number of benzene rings is 1. The van der Waals surface area contributed by atoms with Crippen LogP contribution in [-0.2, 0) is 17.9 Å². The molecule has 0 radical (unpaired) electrons. The van der Waals surface area contributed by atoms with Gasteiger partial charge in [-0.15, -0.1) is 0 Å². The zero-order valence-corrected chi connectivity index (χ0v) is 8.16. The van der Waals surface area contributed by atoms with Gasteiger partial charge in [0.05, 0.1) is 17.6 Å². The van der Waals surface area contributed by atoms with Crippen molar-refractivity contribution in [3.63, 3.8) is 0 Å². The van der Waals surface area contributed by atoms with Crippen LogP contribution in [0.3, 0.4) is 0 Å². The van der Waals surface area contributed by atoms with Gasteiger partial charge in [0.25, 0.3) is 0 Å². The van der Waals surface area contributed by atoms with Gasteiger partial charge in [-0.2, -0.15) is 0 Å². The van der Waals surface area contributed by atoms with Gasteiger partial charge >= 0.3 is 0 Å². The van der Waals surface area contributed by atoms with Crippen molar-refractivity contribution in [1.29, 1.82) is 0 Å². The van der Waals surface area contributed by atoms with Gasteiger partial charge in [-0.05, 0) is 24.6 Å². The molecular weight excluding hydrogens is 176 g/mol. The van der Waals surface area contributed by atoms with Crippen molar-refractivity contribution in [2.45, 2.75) is 20.1 Å². The Labute approximate surface area is 82.3 Å². The number of hydrogen-bond acceptors (Lipinski definition) is 2. The summed E-state index contributed by atoms with van der Waals surface area (Å²) in [7, 11) is 0. The van der Waals surface area contributed by atoms with Crippen LogP contribution in [0.1, 0.15) is 11.4 Å². The molecular formula is C11H12N2O. The van der Waals surface area contributed by atoms with Gasteiger partial charge in [0.1, 0.15) is 12.4 Å². The summed E-state index contributed by atoms with van der Waals surface area (Å²) in [5.74, 6) is 1.05. The minimum atomic E-state index is 0.647. The maximum atomic E-state index is 5.37. The second-order valence-electron chi connectivity index (χ2n) is 3.72. The highest BCUT2D eigenvalue weighted by Gasteiger charge is 2.14. The average molecular weight is 188 g/mol. The lowest BCUT2D eigenvalue weighted by Gasteiger charge is -2.14. The van der Waals surface area contributed by atoms with Crippen molar-refractivity contribution in [3.8, 4) is 0 Å². The second-order valence-corrected chi connectivity index (χ2v) is 3.72. The molecule has 0 aliphatic carbocycles. The van der Waals surface area contributed by atoms with E-state index >= 15 is 0 Å². The molecule has 0 N–H and O–H groups in total. The lowest BCUT2D eigenvalue weighted by Crippen LogP contribution is -2.16. The number of fused-ring (bicyclic) bond motifs is 3. The number of aromatic nitrogens is 2. The summed E-state index contributed by atoms with van der Waals surface area (Å²) >= 11 is 0. The third-order valence-corrected chi connectivity index (χ3v) is 2.67. The number of hydrogen-bond donors (Lipinski definition) is 0. The fourth-order valence-electron chi connectivity index (χ4n) is 1.97. The molecule has 72 valence electrons. The Kier molecular flexibility index (Phi) is 1.61. The van der Waals surface area contributed by atoms with Gasteiger partial charge in [0.2, 0.25) is 0 Å². The SMILES string of the molecule is Cc1ccc2c(c1)nc1n2CCOC1. The van der Waals surface area contributed by atoms with E-state index in [1.165, 1.54) is 11.1 Å². The van der Waals surface area contributed by atoms with Crippen molar-refractivity contribution in [3.05, 3.63) is 29.6 Å². The molecule has 1 aromatic carbocycles. The summed E-state index contributed by atoms with van der Waals surface area (Å²) in [6.45, 7) is 4.46. The monoisotopic (exact) mass is 188 g/mol. The zero-order valence-electron chi connectivity index (χ0n) is 8.16. The Balaban J connectivity index is 2.31. The predicted molar refractivity (Wildman–Crippen MR) is 54.1 cm³/mol. The molecule has 1 aliphatic rings. The lowest BCUT2D eigenvalue weighted by molar-refractivity contribution is 0.0830.